The number of alkyl halides is 3. The molecule has 0 aromatic heterocycles. The summed E-state index contributed by atoms with van der Waals surface area (Å²) in [5, 5.41) is 2.76. The molecule has 2 aromatic rings. The second-order valence-electron chi connectivity index (χ2n) is 7.36. The molecule has 8 heteroatoms. The first-order chi connectivity index (χ1) is 14.3. The lowest BCUT2D eigenvalue weighted by molar-refractivity contribution is -0.136. The van der Waals surface area contributed by atoms with Crippen LogP contribution < -0.4 is 10.2 Å². The summed E-state index contributed by atoms with van der Waals surface area (Å²) in [6.07, 6.45) is -2.16. The topological polar surface area (TPSA) is 36.7 Å². The molecular weight excluding hydrogens is 398 g/mol. The molecule has 1 fully saturated rings. The van der Waals surface area contributed by atoms with E-state index in [1.807, 2.05) is 0 Å². The first-order valence-corrected chi connectivity index (χ1v) is 9.61. The fraction of sp³-hybridized carbons (Fsp3) is 0.364. The van der Waals surface area contributed by atoms with Gasteiger partial charge in [-0.3, -0.25) is 4.79 Å². The van der Waals surface area contributed by atoms with E-state index < -0.39 is 17.4 Å². The number of anilines is 1. The van der Waals surface area contributed by atoms with Crippen molar-refractivity contribution >= 4 is 17.3 Å². The Morgan fingerprint density at radius 3 is 2.47 bits per heavy atom. The van der Waals surface area contributed by atoms with Crippen molar-refractivity contribution in [1.82, 2.24) is 5.32 Å². The molecule has 1 aliphatic rings. The predicted octanol–water partition coefficient (Wildman–Crippen LogP) is 4.97. The minimum absolute atomic E-state index is 0.0748. The van der Waals surface area contributed by atoms with E-state index in [1.165, 1.54) is 18.2 Å². The zero-order valence-corrected chi connectivity index (χ0v) is 16.2. The molecule has 0 aliphatic heterocycles. The van der Waals surface area contributed by atoms with E-state index in [2.05, 4.69) is 10.2 Å². The highest BCUT2D eigenvalue weighted by atomic mass is 19.4. The van der Waals surface area contributed by atoms with Crippen LogP contribution in [0, 0.1) is 18.3 Å². The summed E-state index contributed by atoms with van der Waals surface area (Å²) in [7, 11) is 0. The Hall–Kier alpha value is -3.08. The van der Waals surface area contributed by atoms with E-state index in [9.17, 15) is 22.4 Å². The number of nitrogens with zero attached hydrogens (tertiary/aromatic N) is 2. The monoisotopic (exact) mass is 419 g/mol. The molecule has 0 radical (unpaired) electrons. The van der Waals surface area contributed by atoms with Gasteiger partial charge in [0.15, 0.2) is 5.69 Å². The Labute approximate surface area is 172 Å². The van der Waals surface area contributed by atoms with Crippen LogP contribution in [0.5, 0.6) is 0 Å². The molecule has 0 atom stereocenters. The molecule has 2 aromatic carbocycles. The molecule has 1 saturated carbocycles. The lowest BCUT2D eigenvalue weighted by atomic mass is 10.1. The van der Waals surface area contributed by atoms with Crippen LogP contribution in [0.3, 0.4) is 0 Å². The van der Waals surface area contributed by atoms with Crippen molar-refractivity contribution in [2.45, 2.75) is 25.4 Å². The lowest BCUT2D eigenvalue weighted by Crippen LogP contribution is -2.39. The molecule has 1 N–H and O–H groups in total. The van der Waals surface area contributed by atoms with Crippen molar-refractivity contribution in [3.63, 3.8) is 0 Å². The van der Waals surface area contributed by atoms with Crippen molar-refractivity contribution in [2.24, 2.45) is 5.92 Å². The van der Waals surface area contributed by atoms with Crippen LogP contribution in [0.25, 0.3) is 4.85 Å². The van der Waals surface area contributed by atoms with Gasteiger partial charge in [-0.2, -0.15) is 13.2 Å². The summed E-state index contributed by atoms with van der Waals surface area (Å²) in [6.45, 7) is 7.71. The molecular formula is C22H21F4N3O. The number of rotatable bonds is 8. The molecule has 0 heterocycles. The fourth-order valence-corrected chi connectivity index (χ4v) is 3.15. The summed E-state index contributed by atoms with van der Waals surface area (Å²) < 4.78 is 52.9. The SMILES string of the molecule is [C-]#[N+]c1ccc(N(CC(=O)NCCc2ccc(F)cc2)CC2CC2)cc1C(F)(F)F. The second-order valence-corrected chi connectivity index (χ2v) is 7.36. The second kappa shape index (κ2) is 9.16. The maximum atomic E-state index is 13.3. The largest absolute Gasteiger partial charge is 0.407 e. The van der Waals surface area contributed by atoms with E-state index >= 15 is 0 Å². The van der Waals surface area contributed by atoms with E-state index in [1.54, 1.807) is 17.0 Å². The number of amides is 1. The lowest BCUT2D eigenvalue weighted by Gasteiger charge is -2.25. The average molecular weight is 419 g/mol. The summed E-state index contributed by atoms with van der Waals surface area (Å²) in [5.41, 5.74) is -0.305. The molecule has 1 aliphatic carbocycles. The highest BCUT2D eigenvalue weighted by Crippen LogP contribution is 2.39. The first-order valence-electron chi connectivity index (χ1n) is 9.61. The first kappa shape index (κ1) is 21.6. The Kier molecular flexibility index (Phi) is 6.60. The number of halogens is 4. The van der Waals surface area contributed by atoms with Gasteiger partial charge < -0.3 is 10.2 Å². The van der Waals surface area contributed by atoms with Crippen molar-refractivity contribution in [2.75, 3.05) is 24.5 Å². The van der Waals surface area contributed by atoms with Gasteiger partial charge in [0.2, 0.25) is 5.91 Å². The zero-order valence-electron chi connectivity index (χ0n) is 16.2. The molecule has 3 rings (SSSR count). The van der Waals surface area contributed by atoms with Gasteiger partial charge in [-0.15, -0.1) is 0 Å². The summed E-state index contributed by atoms with van der Waals surface area (Å²) in [5.74, 6) is -0.284. The van der Waals surface area contributed by atoms with Gasteiger partial charge in [0.25, 0.3) is 0 Å². The van der Waals surface area contributed by atoms with Crippen LogP contribution >= 0.6 is 0 Å². The van der Waals surface area contributed by atoms with Gasteiger partial charge in [-0.05, 0) is 55.0 Å². The summed E-state index contributed by atoms with van der Waals surface area (Å²) in [4.78, 5) is 17.0. The van der Waals surface area contributed by atoms with Gasteiger partial charge in [-0.1, -0.05) is 18.2 Å². The quantitative estimate of drug-likeness (QED) is 0.485. The summed E-state index contributed by atoms with van der Waals surface area (Å²) in [6, 6.07) is 9.52. The van der Waals surface area contributed by atoms with Gasteiger partial charge in [0.1, 0.15) is 5.82 Å². The third-order valence-electron chi connectivity index (χ3n) is 4.93. The molecule has 0 bridgehead atoms. The van der Waals surface area contributed by atoms with Crippen molar-refractivity contribution in [3.05, 3.63) is 70.8 Å². The average Bonchev–Trinajstić information content (AvgIpc) is 3.52. The van der Waals surface area contributed by atoms with Crippen LogP contribution in [0.2, 0.25) is 0 Å². The van der Waals surface area contributed by atoms with Crippen LogP contribution in [0.1, 0.15) is 24.0 Å². The third-order valence-corrected chi connectivity index (χ3v) is 4.93. The van der Waals surface area contributed by atoms with Crippen molar-refractivity contribution in [1.29, 1.82) is 0 Å². The van der Waals surface area contributed by atoms with Gasteiger partial charge in [0, 0.05) is 18.8 Å². The van der Waals surface area contributed by atoms with Crippen LogP contribution in [0.15, 0.2) is 42.5 Å². The molecule has 158 valence electrons. The van der Waals surface area contributed by atoms with E-state index in [-0.39, 0.29) is 24.0 Å². The Bertz CT molecular complexity index is 931. The Balaban J connectivity index is 1.66. The molecule has 0 unspecified atom stereocenters. The zero-order chi connectivity index (χ0) is 21.7. The van der Waals surface area contributed by atoms with Crippen molar-refractivity contribution < 1.29 is 22.4 Å². The highest BCUT2D eigenvalue weighted by molar-refractivity contribution is 5.81. The molecule has 0 spiro atoms. The highest BCUT2D eigenvalue weighted by Gasteiger charge is 2.34. The van der Waals surface area contributed by atoms with Gasteiger partial charge in [0.05, 0.1) is 18.7 Å². The van der Waals surface area contributed by atoms with E-state index in [4.69, 9.17) is 6.57 Å². The molecule has 30 heavy (non-hydrogen) atoms. The fourth-order valence-electron chi connectivity index (χ4n) is 3.15. The smallest absolute Gasteiger partial charge is 0.362 e. The van der Waals surface area contributed by atoms with E-state index in [0.29, 0.717) is 25.4 Å². The molecule has 0 saturated heterocycles. The number of carbonyl (C=O) groups is 1. The number of hydrogen-bond acceptors (Lipinski definition) is 2. The maximum Gasteiger partial charge on any atom is 0.407 e. The standard InChI is InChI=1S/C22H21F4N3O/c1-27-20-9-8-18(12-19(20)22(24,25)26)29(13-16-2-3-16)14-21(30)28-11-10-15-4-6-17(23)7-5-15/h4-9,12,16H,2-3,10-11,13-14H2,(H,28,30). The minimum atomic E-state index is -4.64. The van der Waals surface area contributed by atoms with Crippen LogP contribution in [-0.4, -0.2) is 25.5 Å². The summed E-state index contributed by atoms with van der Waals surface area (Å²) >= 11 is 0. The van der Waals surface area contributed by atoms with Gasteiger partial charge in [-0.25, -0.2) is 9.24 Å². The number of benzene rings is 2. The Morgan fingerprint density at radius 2 is 1.87 bits per heavy atom. The number of carbonyl (C=O) groups excluding carboxylic acids is 1. The van der Waals surface area contributed by atoms with Crippen LogP contribution in [0.4, 0.5) is 28.9 Å². The van der Waals surface area contributed by atoms with Crippen molar-refractivity contribution in [3.8, 4) is 0 Å². The minimum Gasteiger partial charge on any atom is -0.362 e. The molecule has 1 amide bonds. The number of hydrogen-bond donors (Lipinski definition) is 1. The number of nitrogens with one attached hydrogen (secondary N) is 1. The molecule has 4 nitrogen and oxygen atoms in total. The normalized spacial score (nSPS) is 13.6. The van der Waals surface area contributed by atoms with Gasteiger partial charge >= 0.3 is 6.18 Å². The third kappa shape index (κ3) is 5.96. The van der Waals surface area contributed by atoms with E-state index in [0.717, 1.165) is 30.5 Å². The maximum absolute atomic E-state index is 13.3. The van der Waals surface area contributed by atoms with Crippen LogP contribution in [-0.2, 0) is 17.4 Å². The predicted molar refractivity (Wildman–Crippen MR) is 106 cm³/mol. The Morgan fingerprint density at radius 1 is 1.17 bits per heavy atom.